The molecule has 3 heteroatoms. The van der Waals surface area contributed by atoms with Gasteiger partial charge in [0.1, 0.15) is 0 Å². The zero-order valence-corrected chi connectivity index (χ0v) is 8.20. The van der Waals surface area contributed by atoms with Crippen molar-refractivity contribution in [2.75, 3.05) is 6.54 Å². The van der Waals surface area contributed by atoms with Crippen LogP contribution in [0.1, 0.15) is 32.6 Å². The maximum Gasteiger partial charge on any atom is 0.234 e. The Kier molecular flexibility index (Phi) is 2.28. The number of likely N-dealkylation sites (tertiary alicyclic amines) is 1. The summed E-state index contributed by atoms with van der Waals surface area (Å²) in [4.78, 5) is 13.3. The molecule has 1 aliphatic carbocycles. The number of primary amides is 1. The summed E-state index contributed by atoms with van der Waals surface area (Å²) in [7, 11) is 0. The lowest BCUT2D eigenvalue weighted by atomic mass is 9.76. The van der Waals surface area contributed by atoms with E-state index in [1.165, 1.54) is 25.7 Å². The highest BCUT2D eigenvalue weighted by molar-refractivity contribution is 5.79. The second kappa shape index (κ2) is 3.29. The molecule has 2 N–H and O–H groups in total. The lowest BCUT2D eigenvalue weighted by molar-refractivity contribution is -0.130. The van der Waals surface area contributed by atoms with Crippen LogP contribution in [-0.4, -0.2) is 29.4 Å². The van der Waals surface area contributed by atoms with Crippen LogP contribution in [0.4, 0.5) is 0 Å². The molecule has 74 valence electrons. The summed E-state index contributed by atoms with van der Waals surface area (Å²) < 4.78 is 0. The Labute approximate surface area is 79.3 Å². The molecule has 1 saturated carbocycles. The summed E-state index contributed by atoms with van der Waals surface area (Å²) >= 11 is 0. The average molecular weight is 182 g/mol. The van der Waals surface area contributed by atoms with E-state index in [2.05, 4.69) is 4.90 Å². The molecule has 3 atom stereocenters. The quantitative estimate of drug-likeness (QED) is 0.684. The molecule has 2 aliphatic rings. The summed E-state index contributed by atoms with van der Waals surface area (Å²) in [5.74, 6) is 0.680. The first kappa shape index (κ1) is 9.00. The van der Waals surface area contributed by atoms with E-state index in [0.29, 0.717) is 6.04 Å². The topological polar surface area (TPSA) is 46.3 Å². The van der Waals surface area contributed by atoms with Crippen molar-refractivity contribution in [3.8, 4) is 0 Å². The van der Waals surface area contributed by atoms with Crippen LogP contribution >= 0.6 is 0 Å². The van der Waals surface area contributed by atoms with Gasteiger partial charge in [0.2, 0.25) is 5.91 Å². The molecule has 0 radical (unpaired) electrons. The van der Waals surface area contributed by atoms with Gasteiger partial charge in [-0.25, -0.2) is 0 Å². The largest absolute Gasteiger partial charge is 0.368 e. The van der Waals surface area contributed by atoms with Gasteiger partial charge in [0, 0.05) is 12.6 Å². The number of hydrogen-bond donors (Lipinski definition) is 1. The highest BCUT2D eigenvalue weighted by atomic mass is 16.1. The van der Waals surface area contributed by atoms with Crippen LogP contribution in [0.3, 0.4) is 0 Å². The second-order valence-electron chi connectivity index (χ2n) is 4.39. The zero-order chi connectivity index (χ0) is 9.42. The summed E-state index contributed by atoms with van der Waals surface area (Å²) in [6, 6.07) is 0.607. The van der Waals surface area contributed by atoms with Crippen molar-refractivity contribution >= 4 is 5.91 Å². The predicted octanol–water partition coefficient (Wildman–Crippen LogP) is 0.735. The summed E-state index contributed by atoms with van der Waals surface area (Å²) in [6.07, 6.45) is 5.32. The number of carbonyl (C=O) groups excluding carboxylic acids is 1. The Morgan fingerprint density at radius 1 is 1.46 bits per heavy atom. The van der Waals surface area contributed by atoms with Crippen LogP contribution in [0.5, 0.6) is 0 Å². The number of nitrogens with two attached hydrogens (primary N) is 1. The Morgan fingerprint density at radius 3 is 2.77 bits per heavy atom. The van der Waals surface area contributed by atoms with Crippen molar-refractivity contribution in [1.29, 1.82) is 0 Å². The molecule has 1 heterocycles. The highest BCUT2D eigenvalue weighted by Crippen LogP contribution is 2.38. The first-order valence-corrected chi connectivity index (χ1v) is 5.25. The summed E-state index contributed by atoms with van der Waals surface area (Å²) in [5, 5.41) is 0. The van der Waals surface area contributed by atoms with Crippen LogP contribution in [0.15, 0.2) is 0 Å². The van der Waals surface area contributed by atoms with Crippen molar-refractivity contribution in [1.82, 2.24) is 4.90 Å². The minimum absolute atomic E-state index is 0.0562. The fourth-order valence-electron chi connectivity index (χ4n) is 2.71. The van der Waals surface area contributed by atoms with Crippen molar-refractivity contribution in [2.45, 2.75) is 44.7 Å². The standard InChI is InChI=1S/C10H18N2O/c1-7(10(11)13)12-6-8-4-2-3-5-9(8)12/h7-9H,2-6H2,1H3,(H2,11,13). The number of rotatable bonds is 2. The van der Waals surface area contributed by atoms with E-state index in [1.54, 1.807) is 0 Å². The monoisotopic (exact) mass is 182 g/mol. The van der Waals surface area contributed by atoms with E-state index in [9.17, 15) is 4.79 Å². The summed E-state index contributed by atoms with van der Waals surface area (Å²) in [5.41, 5.74) is 5.29. The van der Waals surface area contributed by atoms with Gasteiger partial charge in [0.15, 0.2) is 0 Å². The number of fused-ring (bicyclic) bond motifs is 1. The van der Waals surface area contributed by atoms with E-state index < -0.39 is 0 Å². The molecule has 0 spiro atoms. The molecule has 3 unspecified atom stereocenters. The van der Waals surface area contributed by atoms with Gasteiger partial charge in [-0.2, -0.15) is 0 Å². The van der Waals surface area contributed by atoms with Crippen LogP contribution in [0.25, 0.3) is 0 Å². The first-order valence-electron chi connectivity index (χ1n) is 5.25. The van der Waals surface area contributed by atoms with Gasteiger partial charge in [0.25, 0.3) is 0 Å². The van der Waals surface area contributed by atoms with Crippen molar-refractivity contribution < 1.29 is 4.79 Å². The molecule has 0 aromatic rings. The van der Waals surface area contributed by atoms with Crippen molar-refractivity contribution in [3.63, 3.8) is 0 Å². The summed E-state index contributed by atoms with van der Waals surface area (Å²) in [6.45, 7) is 3.02. The Morgan fingerprint density at radius 2 is 2.15 bits per heavy atom. The second-order valence-corrected chi connectivity index (χ2v) is 4.39. The number of carbonyl (C=O) groups is 1. The molecule has 1 amide bonds. The minimum Gasteiger partial charge on any atom is -0.368 e. The molecule has 3 nitrogen and oxygen atoms in total. The van der Waals surface area contributed by atoms with Gasteiger partial charge in [-0.15, -0.1) is 0 Å². The minimum atomic E-state index is -0.177. The lowest BCUT2D eigenvalue weighted by Gasteiger charge is -2.52. The average Bonchev–Trinajstić information content (AvgIpc) is 2.06. The number of amides is 1. The third kappa shape index (κ3) is 1.46. The Hall–Kier alpha value is -0.570. The fraction of sp³-hybridized carbons (Fsp3) is 0.900. The normalized spacial score (nSPS) is 36.1. The van der Waals surface area contributed by atoms with Crippen LogP contribution < -0.4 is 5.73 Å². The maximum absolute atomic E-state index is 11.0. The molecule has 1 aliphatic heterocycles. The molecule has 0 aromatic heterocycles. The SMILES string of the molecule is CC(C(N)=O)N1CC2CCCCC21. The molecule has 1 saturated heterocycles. The van der Waals surface area contributed by atoms with E-state index in [1.807, 2.05) is 6.92 Å². The first-order chi connectivity index (χ1) is 6.20. The van der Waals surface area contributed by atoms with Gasteiger partial charge >= 0.3 is 0 Å². The molecule has 0 bridgehead atoms. The van der Waals surface area contributed by atoms with E-state index in [4.69, 9.17) is 5.73 Å². The van der Waals surface area contributed by atoms with Crippen LogP contribution in [-0.2, 0) is 4.79 Å². The van der Waals surface area contributed by atoms with Gasteiger partial charge < -0.3 is 5.73 Å². The molecule has 13 heavy (non-hydrogen) atoms. The highest BCUT2D eigenvalue weighted by Gasteiger charge is 2.43. The van der Waals surface area contributed by atoms with Crippen molar-refractivity contribution in [2.24, 2.45) is 11.7 Å². The zero-order valence-electron chi connectivity index (χ0n) is 8.20. The predicted molar refractivity (Wildman–Crippen MR) is 51.1 cm³/mol. The van der Waals surface area contributed by atoms with Gasteiger partial charge in [-0.05, 0) is 25.7 Å². The number of nitrogens with zero attached hydrogens (tertiary/aromatic N) is 1. The third-order valence-corrected chi connectivity index (χ3v) is 3.65. The van der Waals surface area contributed by atoms with E-state index >= 15 is 0 Å². The number of hydrogen-bond acceptors (Lipinski definition) is 2. The van der Waals surface area contributed by atoms with E-state index in [0.717, 1.165) is 12.5 Å². The van der Waals surface area contributed by atoms with Gasteiger partial charge in [-0.1, -0.05) is 12.8 Å². The Bertz CT molecular complexity index is 217. The van der Waals surface area contributed by atoms with Crippen molar-refractivity contribution in [3.05, 3.63) is 0 Å². The third-order valence-electron chi connectivity index (χ3n) is 3.65. The Balaban J connectivity index is 1.93. The molecular weight excluding hydrogens is 164 g/mol. The molecule has 0 aromatic carbocycles. The molecular formula is C10H18N2O. The van der Waals surface area contributed by atoms with Crippen LogP contribution in [0.2, 0.25) is 0 Å². The smallest absolute Gasteiger partial charge is 0.234 e. The van der Waals surface area contributed by atoms with Crippen LogP contribution in [0, 0.1) is 5.92 Å². The maximum atomic E-state index is 11.0. The van der Waals surface area contributed by atoms with Gasteiger partial charge in [0.05, 0.1) is 6.04 Å². The molecule has 2 rings (SSSR count). The lowest BCUT2D eigenvalue weighted by Crippen LogP contribution is -2.63. The van der Waals surface area contributed by atoms with E-state index in [-0.39, 0.29) is 11.9 Å². The van der Waals surface area contributed by atoms with Gasteiger partial charge in [-0.3, -0.25) is 9.69 Å². The fourth-order valence-corrected chi connectivity index (χ4v) is 2.71. The molecule has 2 fully saturated rings.